The second kappa shape index (κ2) is 10.5. The van der Waals surface area contributed by atoms with Gasteiger partial charge in [0.1, 0.15) is 5.75 Å². The van der Waals surface area contributed by atoms with Gasteiger partial charge in [-0.15, -0.1) is 0 Å². The van der Waals surface area contributed by atoms with E-state index in [4.69, 9.17) is 9.47 Å². The molecular formula is C24H28N2O4. The molecule has 0 unspecified atom stereocenters. The molecule has 2 amide bonds. The van der Waals surface area contributed by atoms with Gasteiger partial charge in [0.25, 0.3) is 0 Å². The number of ether oxygens (including phenoxy) is 2. The van der Waals surface area contributed by atoms with Gasteiger partial charge in [-0.3, -0.25) is 0 Å². The average molecular weight is 408 g/mol. The van der Waals surface area contributed by atoms with Crippen molar-refractivity contribution in [1.82, 2.24) is 4.90 Å². The molecule has 0 spiro atoms. The molecule has 0 bridgehead atoms. The highest BCUT2D eigenvalue weighted by molar-refractivity contribution is 5.90. The van der Waals surface area contributed by atoms with E-state index in [1.807, 2.05) is 60.4 Å². The van der Waals surface area contributed by atoms with Crippen LogP contribution in [0, 0.1) is 0 Å². The maximum Gasteiger partial charge on any atom is 0.330 e. The maximum atomic E-state index is 12.9. The number of urea groups is 1. The molecule has 1 saturated heterocycles. The zero-order valence-corrected chi connectivity index (χ0v) is 17.5. The van der Waals surface area contributed by atoms with Gasteiger partial charge in [-0.25, -0.2) is 9.59 Å². The van der Waals surface area contributed by atoms with E-state index < -0.39 is 0 Å². The summed E-state index contributed by atoms with van der Waals surface area (Å²) in [4.78, 5) is 26.1. The van der Waals surface area contributed by atoms with Crippen molar-refractivity contribution in [2.45, 2.75) is 32.7 Å². The van der Waals surface area contributed by atoms with E-state index >= 15 is 0 Å². The summed E-state index contributed by atoms with van der Waals surface area (Å²) < 4.78 is 10.4. The third-order valence-electron chi connectivity index (χ3n) is 4.95. The number of amides is 2. The number of esters is 1. The summed E-state index contributed by atoms with van der Waals surface area (Å²) in [6.45, 7) is 5.44. The van der Waals surface area contributed by atoms with E-state index in [9.17, 15) is 9.59 Å². The van der Waals surface area contributed by atoms with Crippen molar-refractivity contribution in [1.29, 1.82) is 0 Å². The lowest BCUT2D eigenvalue weighted by atomic mass is 10.0. The predicted molar refractivity (Wildman–Crippen MR) is 117 cm³/mol. The van der Waals surface area contributed by atoms with Crippen molar-refractivity contribution in [2.24, 2.45) is 0 Å². The zero-order valence-electron chi connectivity index (χ0n) is 17.5. The number of nitrogens with one attached hydrogen (secondary N) is 1. The Bertz CT molecular complexity index is 875. The Morgan fingerprint density at radius 2 is 1.80 bits per heavy atom. The SMILES string of the molecule is CCOC(=O)/C=C\c1ccc(NC(=O)N2CCC[C@@H]2c2ccc(OCC)cc2)cc1. The molecule has 1 N–H and O–H groups in total. The fourth-order valence-corrected chi connectivity index (χ4v) is 3.54. The first kappa shape index (κ1) is 21.4. The molecule has 3 rings (SSSR count). The van der Waals surface area contributed by atoms with Crippen LogP contribution in [-0.4, -0.2) is 36.7 Å². The van der Waals surface area contributed by atoms with Gasteiger partial charge in [0.15, 0.2) is 0 Å². The quantitative estimate of drug-likeness (QED) is 0.515. The second-order valence-electron chi connectivity index (χ2n) is 6.99. The second-order valence-corrected chi connectivity index (χ2v) is 6.99. The highest BCUT2D eigenvalue weighted by Gasteiger charge is 2.30. The van der Waals surface area contributed by atoms with Gasteiger partial charge in [0.05, 0.1) is 19.3 Å². The lowest BCUT2D eigenvalue weighted by Gasteiger charge is -2.25. The topological polar surface area (TPSA) is 67.9 Å². The summed E-state index contributed by atoms with van der Waals surface area (Å²) in [6.07, 6.45) is 5.00. The van der Waals surface area contributed by atoms with Crippen LogP contribution in [0.2, 0.25) is 0 Å². The lowest BCUT2D eigenvalue weighted by molar-refractivity contribution is -0.137. The molecule has 0 radical (unpaired) electrons. The summed E-state index contributed by atoms with van der Waals surface area (Å²) in [5, 5.41) is 2.97. The molecule has 1 atom stereocenters. The molecule has 0 saturated carbocycles. The van der Waals surface area contributed by atoms with E-state index in [0.717, 1.165) is 36.3 Å². The van der Waals surface area contributed by atoms with Gasteiger partial charge in [0, 0.05) is 18.3 Å². The molecule has 0 aromatic heterocycles. The Kier molecular flexibility index (Phi) is 7.49. The molecule has 2 aromatic rings. The Morgan fingerprint density at radius 1 is 1.07 bits per heavy atom. The van der Waals surface area contributed by atoms with E-state index in [2.05, 4.69) is 5.32 Å². The number of benzene rings is 2. The first-order valence-electron chi connectivity index (χ1n) is 10.4. The molecule has 30 heavy (non-hydrogen) atoms. The van der Waals surface area contributed by atoms with Gasteiger partial charge in [-0.1, -0.05) is 24.3 Å². The van der Waals surface area contributed by atoms with Crippen molar-refractivity contribution in [3.63, 3.8) is 0 Å². The molecule has 2 aromatic carbocycles. The van der Waals surface area contributed by atoms with E-state index in [1.54, 1.807) is 13.0 Å². The van der Waals surface area contributed by atoms with Crippen LogP contribution in [0.25, 0.3) is 6.08 Å². The first-order valence-corrected chi connectivity index (χ1v) is 10.4. The fourth-order valence-electron chi connectivity index (χ4n) is 3.54. The molecule has 1 aliphatic rings. The Morgan fingerprint density at radius 3 is 2.47 bits per heavy atom. The van der Waals surface area contributed by atoms with Crippen LogP contribution in [0.4, 0.5) is 10.5 Å². The van der Waals surface area contributed by atoms with Crippen molar-refractivity contribution < 1.29 is 19.1 Å². The fraction of sp³-hybridized carbons (Fsp3) is 0.333. The molecule has 1 aliphatic heterocycles. The third-order valence-corrected chi connectivity index (χ3v) is 4.95. The summed E-state index contributed by atoms with van der Waals surface area (Å²) in [6, 6.07) is 15.3. The monoisotopic (exact) mass is 408 g/mol. The molecule has 158 valence electrons. The predicted octanol–water partition coefficient (Wildman–Crippen LogP) is 5.03. The Labute approximate surface area is 177 Å². The number of carbonyl (C=O) groups excluding carboxylic acids is 2. The molecule has 1 fully saturated rings. The maximum absolute atomic E-state index is 12.9. The lowest BCUT2D eigenvalue weighted by Crippen LogP contribution is -2.34. The summed E-state index contributed by atoms with van der Waals surface area (Å²) in [5.41, 5.74) is 2.69. The van der Waals surface area contributed by atoms with Gasteiger partial charge in [-0.2, -0.15) is 0 Å². The standard InChI is InChI=1S/C24H28N2O4/c1-3-29-21-14-10-19(11-15-21)22-6-5-17-26(22)24(28)25-20-12-7-18(8-13-20)9-16-23(27)30-4-2/h7-16,22H,3-6,17H2,1-2H3,(H,25,28)/b16-9-/t22-/m1/s1. The van der Waals surface area contributed by atoms with Crippen molar-refractivity contribution in [2.75, 3.05) is 25.1 Å². The summed E-state index contributed by atoms with van der Waals surface area (Å²) in [5.74, 6) is 0.469. The number of rotatable bonds is 7. The van der Waals surface area contributed by atoms with Crippen molar-refractivity contribution >= 4 is 23.8 Å². The van der Waals surface area contributed by atoms with Crippen LogP contribution in [0.1, 0.15) is 43.9 Å². The minimum Gasteiger partial charge on any atom is -0.494 e. The smallest absolute Gasteiger partial charge is 0.330 e. The number of anilines is 1. The molecule has 6 nitrogen and oxygen atoms in total. The van der Waals surface area contributed by atoms with Gasteiger partial charge in [-0.05, 0) is 68.2 Å². The van der Waals surface area contributed by atoms with Gasteiger partial charge in [0.2, 0.25) is 0 Å². The van der Waals surface area contributed by atoms with Crippen molar-refractivity contribution in [3.8, 4) is 5.75 Å². The number of nitrogens with zero attached hydrogens (tertiary/aromatic N) is 1. The summed E-state index contributed by atoms with van der Waals surface area (Å²) in [7, 11) is 0. The minimum atomic E-state index is -0.371. The van der Waals surface area contributed by atoms with Crippen LogP contribution in [0.3, 0.4) is 0 Å². The normalized spacial score (nSPS) is 15.9. The highest BCUT2D eigenvalue weighted by atomic mass is 16.5. The van der Waals surface area contributed by atoms with Crippen LogP contribution in [0.5, 0.6) is 5.75 Å². The largest absolute Gasteiger partial charge is 0.494 e. The number of hydrogen-bond acceptors (Lipinski definition) is 4. The molecule has 6 heteroatoms. The number of likely N-dealkylation sites (tertiary alicyclic amines) is 1. The molecule has 1 heterocycles. The molecular weight excluding hydrogens is 380 g/mol. The van der Waals surface area contributed by atoms with Crippen molar-refractivity contribution in [3.05, 3.63) is 65.7 Å². The Balaban J connectivity index is 1.61. The zero-order chi connectivity index (χ0) is 21.3. The third kappa shape index (κ3) is 5.63. The van der Waals surface area contributed by atoms with Crippen LogP contribution in [0.15, 0.2) is 54.6 Å². The van der Waals surface area contributed by atoms with Crippen LogP contribution >= 0.6 is 0 Å². The van der Waals surface area contributed by atoms with Gasteiger partial charge >= 0.3 is 12.0 Å². The van der Waals surface area contributed by atoms with E-state index in [-0.39, 0.29) is 18.0 Å². The minimum absolute atomic E-state index is 0.0625. The number of carbonyl (C=O) groups is 2. The van der Waals surface area contributed by atoms with E-state index in [0.29, 0.717) is 18.9 Å². The van der Waals surface area contributed by atoms with Crippen LogP contribution in [-0.2, 0) is 9.53 Å². The highest BCUT2D eigenvalue weighted by Crippen LogP contribution is 2.33. The summed E-state index contributed by atoms with van der Waals surface area (Å²) >= 11 is 0. The average Bonchev–Trinajstić information content (AvgIpc) is 3.24. The first-order chi connectivity index (χ1) is 14.6. The Hall–Kier alpha value is -3.28. The van der Waals surface area contributed by atoms with E-state index in [1.165, 1.54) is 6.08 Å². The number of hydrogen-bond donors (Lipinski definition) is 1. The molecule has 0 aliphatic carbocycles. The van der Waals surface area contributed by atoms with Crippen LogP contribution < -0.4 is 10.1 Å². The van der Waals surface area contributed by atoms with Gasteiger partial charge < -0.3 is 19.7 Å².